The van der Waals surface area contributed by atoms with E-state index in [1.807, 2.05) is 0 Å². The first-order valence-electron chi connectivity index (χ1n) is 4.41. The Morgan fingerprint density at radius 2 is 2.08 bits per heavy atom. The second kappa shape index (κ2) is 4.98. The van der Waals surface area contributed by atoms with Crippen LogP contribution in [-0.4, -0.2) is 37.9 Å². The van der Waals surface area contributed by atoms with Gasteiger partial charge in [0.05, 0.1) is 0 Å². The monoisotopic (exact) mass is 172 g/mol. The summed E-state index contributed by atoms with van der Waals surface area (Å²) < 4.78 is 4.91. The highest BCUT2D eigenvalue weighted by Crippen LogP contribution is 2.09. The first-order valence-corrected chi connectivity index (χ1v) is 4.41. The average molecular weight is 172 g/mol. The Bertz CT molecular complexity index is 144. The summed E-state index contributed by atoms with van der Waals surface area (Å²) in [7, 11) is 1.75. The average Bonchev–Trinajstić information content (AvgIpc) is 2.15. The number of amides is 1. The van der Waals surface area contributed by atoms with Gasteiger partial charge in [-0.15, -0.1) is 0 Å². The standard InChI is InChI=1S/C8H16N2O2/c1-9-7-12-8(11)10-5-3-2-4-6-10/h9H,2-7H2,1H3. The van der Waals surface area contributed by atoms with E-state index in [0.29, 0.717) is 6.73 Å². The third-order valence-electron chi connectivity index (χ3n) is 1.95. The molecule has 0 aromatic rings. The first kappa shape index (κ1) is 9.32. The van der Waals surface area contributed by atoms with E-state index >= 15 is 0 Å². The summed E-state index contributed by atoms with van der Waals surface area (Å²) in [4.78, 5) is 13.0. The van der Waals surface area contributed by atoms with Gasteiger partial charge < -0.3 is 9.64 Å². The minimum absolute atomic E-state index is 0.191. The van der Waals surface area contributed by atoms with Crippen molar-refractivity contribution in [3.63, 3.8) is 0 Å². The van der Waals surface area contributed by atoms with Gasteiger partial charge in [0.2, 0.25) is 0 Å². The Morgan fingerprint density at radius 1 is 1.42 bits per heavy atom. The van der Waals surface area contributed by atoms with Crippen LogP contribution >= 0.6 is 0 Å². The largest absolute Gasteiger partial charge is 0.433 e. The summed E-state index contributed by atoms with van der Waals surface area (Å²) in [5.74, 6) is 0. The van der Waals surface area contributed by atoms with Crippen LogP contribution in [0.1, 0.15) is 19.3 Å². The lowest BCUT2D eigenvalue weighted by molar-refractivity contribution is 0.0905. The highest BCUT2D eigenvalue weighted by molar-refractivity contribution is 5.67. The highest BCUT2D eigenvalue weighted by Gasteiger charge is 2.16. The van der Waals surface area contributed by atoms with Crippen molar-refractivity contribution in [2.45, 2.75) is 19.3 Å². The Hall–Kier alpha value is -0.770. The predicted molar refractivity (Wildman–Crippen MR) is 45.8 cm³/mol. The molecule has 0 radical (unpaired) electrons. The molecule has 1 fully saturated rings. The topological polar surface area (TPSA) is 41.6 Å². The van der Waals surface area contributed by atoms with Gasteiger partial charge in [-0.1, -0.05) is 0 Å². The van der Waals surface area contributed by atoms with Crippen LogP contribution in [-0.2, 0) is 4.74 Å². The maximum Gasteiger partial charge on any atom is 0.411 e. The van der Waals surface area contributed by atoms with E-state index in [4.69, 9.17) is 4.74 Å². The second-order valence-electron chi connectivity index (χ2n) is 2.96. The number of piperidine rings is 1. The Labute approximate surface area is 72.9 Å². The van der Waals surface area contributed by atoms with Crippen LogP contribution in [0.4, 0.5) is 4.79 Å². The summed E-state index contributed by atoms with van der Waals surface area (Å²) >= 11 is 0. The van der Waals surface area contributed by atoms with Gasteiger partial charge in [0.15, 0.2) is 0 Å². The van der Waals surface area contributed by atoms with Gasteiger partial charge in [0.25, 0.3) is 0 Å². The van der Waals surface area contributed by atoms with Crippen molar-refractivity contribution in [2.24, 2.45) is 0 Å². The van der Waals surface area contributed by atoms with Gasteiger partial charge in [-0.25, -0.2) is 4.79 Å². The number of nitrogens with zero attached hydrogens (tertiary/aromatic N) is 1. The van der Waals surface area contributed by atoms with Gasteiger partial charge in [-0.3, -0.25) is 5.32 Å². The van der Waals surface area contributed by atoms with Crippen molar-refractivity contribution in [1.29, 1.82) is 0 Å². The number of carbonyl (C=O) groups excluding carboxylic acids is 1. The zero-order valence-electron chi connectivity index (χ0n) is 7.51. The molecule has 70 valence electrons. The van der Waals surface area contributed by atoms with Crippen molar-refractivity contribution in [3.05, 3.63) is 0 Å². The molecule has 1 saturated heterocycles. The molecule has 12 heavy (non-hydrogen) atoms. The maximum absolute atomic E-state index is 11.2. The normalized spacial score (nSPS) is 17.6. The molecule has 1 amide bonds. The highest BCUT2D eigenvalue weighted by atomic mass is 16.6. The summed E-state index contributed by atoms with van der Waals surface area (Å²) in [5, 5.41) is 2.77. The molecule has 0 aromatic carbocycles. The van der Waals surface area contributed by atoms with Crippen LogP contribution in [0.5, 0.6) is 0 Å². The Kier molecular flexibility index (Phi) is 3.87. The smallest absolute Gasteiger partial charge is 0.411 e. The fourth-order valence-corrected chi connectivity index (χ4v) is 1.30. The summed E-state index contributed by atoms with van der Waals surface area (Å²) in [6, 6.07) is 0. The van der Waals surface area contributed by atoms with E-state index in [2.05, 4.69) is 5.32 Å². The predicted octanol–water partition coefficient (Wildman–Crippen LogP) is 0.786. The fourth-order valence-electron chi connectivity index (χ4n) is 1.30. The van der Waals surface area contributed by atoms with E-state index in [9.17, 15) is 4.79 Å². The third kappa shape index (κ3) is 2.70. The van der Waals surface area contributed by atoms with E-state index in [0.717, 1.165) is 25.9 Å². The van der Waals surface area contributed by atoms with Crippen molar-refractivity contribution >= 4 is 6.09 Å². The molecule has 4 nitrogen and oxygen atoms in total. The van der Waals surface area contributed by atoms with Crippen LogP contribution in [0.2, 0.25) is 0 Å². The number of likely N-dealkylation sites (tertiary alicyclic amines) is 1. The fraction of sp³-hybridized carbons (Fsp3) is 0.875. The summed E-state index contributed by atoms with van der Waals surface area (Å²) in [6.07, 6.45) is 3.25. The van der Waals surface area contributed by atoms with Crippen molar-refractivity contribution in [3.8, 4) is 0 Å². The molecule has 1 rings (SSSR count). The van der Waals surface area contributed by atoms with E-state index in [-0.39, 0.29) is 6.09 Å². The van der Waals surface area contributed by atoms with Crippen LogP contribution in [0.25, 0.3) is 0 Å². The Balaban J connectivity index is 2.20. The number of carbonyl (C=O) groups is 1. The van der Waals surface area contributed by atoms with E-state index in [1.165, 1.54) is 6.42 Å². The maximum atomic E-state index is 11.2. The molecule has 0 bridgehead atoms. The minimum Gasteiger partial charge on any atom is -0.433 e. The van der Waals surface area contributed by atoms with Crippen molar-refractivity contribution < 1.29 is 9.53 Å². The molecule has 1 N–H and O–H groups in total. The molecule has 1 heterocycles. The van der Waals surface area contributed by atoms with Crippen molar-refractivity contribution in [2.75, 3.05) is 26.9 Å². The SMILES string of the molecule is CNCOC(=O)N1CCCCC1. The quantitative estimate of drug-likeness (QED) is 0.626. The molecular formula is C8H16N2O2. The minimum atomic E-state index is -0.191. The molecule has 0 saturated carbocycles. The number of nitrogens with one attached hydrogen (secondary N) is 1. The zero-order chi connectivity index (χ0) is 8.81. The van der Waals surface area contributed by atoms with E-state index in [1.54, 1.807) is 11.9 Å². The molecule has 0 aliphatic carbocycles. The summed E-state index contributed by atoms with van der Waals surface area (Å²) in [5.41, 5.74) is 0. The Morgan fingerprint density at radius 3 is 2.67 bits per heavy atom. The van der Waals surface area contributed by atoms with Gasteiger partial charge in [0, 0.05) is 13.1 Å². The summed E-state index contributed by atoms with van der Waals surface area (Å²) in [6.45, 7) is 2.00. The number of hydrogen-bond acceptors (Lipinski definition) is 3. The lowest BCUT2D eigenvalue weighted by atomic mass is 10.1. The lowest BCUT2D eigenvalue weighted by Crippen LogP contribution is -2.37. The number of hydrogen-bond donors (Lipinski definition) is 1. The van der Waals surface area contributed by atoms with Gasteiger partial charge in [0.1, 0.15) is 6.73 Å². The number of rotatable bonds is 2. The van der Waals surface area contributed by atoms with Crippen LogP contribution in [0.15, 0.2) is 0 Å². The first-order chi connectivity index (χ1) is 5.84. The molecular weight excluding hydrogens is 156 g/mol. The molecule has 0 spiro atoms. The van der Waals surface area contributed by atoms with Crippen LogP contribution < -0.4 is 5.32 Å². The zero-order valence-corrected chi connectivity index (χ0v) is 7.51. The second-order valence-corrected chi connectivity index (χ2v) is 2.96. The van der Waals surface area contributed by atoms with Crippen LogP contribution in [0.3, 0.4) is 0 Å². The number of ether oxygens (including phenoxy) is 1. The van der Waals surface area contributed by atoms with Gasteiger partial charge in [-0.2, -0.15) is 0 Å². The van der Waals surface area contributed by atoms with E-state index < -0.39 is 0 Å². The molecule has 0 atom stereocenters. The van der Waals surface area contributed by atoms with Crippen LogP contribution in [0, 0.1) is 0 Å². The van der Waals surface area contributed by atoms with Gasteiger partial charge >= 0.3 is 6.09 Å². The molecule has 1 aliphatic rings. The molecule has 1 aliphatic heterocycles. The van der Waals surface area contributed by atoms with Gasteiger partial charge in [-0.05, 0) is 26.3 Å². The third-order valence-corrected chi connectivity index (χ3v) is 1.95. The van der Waals surface area contributed by atoms with Crippen molar-refractivity contribution in [1.82, 2.24) is 10.2 Å². The molecule has 0 aromatic heterocycles. The lowest BCUT2D eigenvalue weighted by Gasteiger charge is -2.25. The molecule has 0 unspecified atom stereocenters. The molecule has 4 heteroatoms.